The number of aryl methyl sites for hydroxylation is 1. The van der Waals surface area contributed by atoms with Gasteiger partial charge in [0.25, 0.3) is 0 Å². The minimum absolute atomic E-state index is 0.215. The molecule has 0 saturated heterocycles. The molecule has 0 bridgehead atoms. The van der Waals surface area contributed by atoms with Gasteiger partial charge in [-0.15, -0.1) is 0 Å². The molecule has 0 amide bonds. The smallest absolute Gasteiger partial charge is 0.313 e. The zero-order valence-corrected chi connectivity index (χ0v) is 9.28. The fraction of sp³-hybridized carbons (Fsp3) is 0.417. The van der Waals surface area contributed by atoms with Crippen molar-refractivity contribution in [3.63, 3.8) is 0 Å². The SMILES string of the molecule is CCOC(=O)C(C)c1ccc(O)cc1C. The van der Waals surface area contributed by atoms with E-state index in [9.17, 15) is 9.90 Å². The van der Waals surface area contributed by atoms with Crippen LogP contribution >= 0.6 is 0 Å². The zero-order valence-electron chi connectivity index (χ0n) is 9.28. The van der Waals surface area contributed by atoms with Gasteiger partial charge in [-0.2, -0.15) is 0 Å². The largest absolute Gasteiger partial charge is 0.508 e. The summed E-state index contributed by atoms with van der Waals surface area (Å²) in [5, 5.41) is 9.25. The molecule has 1 aromatic carbocycles. The molecule has 1 aromatic rings. The van der Waals surface area contributed by atoms with Gasteiger partial charge in [-0.25, -0.2) is 0 Å². The van der Waals surface area contributed by atoms with Crippen molar-refractivity contribution in [3.05, 3.63) is 29.3 Å². The average molecular weight is 208 g/mol. The van der Waals surface area contributed by atoms with Gasteiger partial charge in [0.05, 0.1) is 12.5 Å². The van der Waals surface area contributed by atoms with Gasteiger partial charge < -0.3 is 9.84 Å². The van der Waals surface area contributed by atoms with Gasteiger partial charge in [0.1, 0.15) is 5.75 Å². The van der Waals surface area contributed by atoms with Gasteiger partial charge in [0.15, 0.2) is 0 Å². The first-order valence-electron chi connectivity index (χ1n) is 5.02. The molecule has 3 heteroatoms. The number of hydrogen-bond acceptors (Lipinski definition) is 3. The lowest BCUT2D eigenvalue weighted by Crippen LogP contribution is -2.13. The predicted molar refractivity (Wildman–Crippen MR) is 57.9 cm³/mol. The highest BCUT2D eigenvalue weighted by atomic mass is 16.5. The Morgan fingerprint density at radius 3 is 2.73 bits per heavy atom. The molecule has 0 heterocycles. The van der Waals surface area contributed by atoms with Gasteiger partial charge in [-0.1, -0.05) is 6.07 Å². The summed E-state index contributed by atoms with van der Waals surface area (Å²) in [5.74, 6) is -0.302. The standard InChI is InChI=1S/C12H16O3/c1-4-15-12(14)9(3)11-6-5-10(13)7-8(11)2/h5-7,9,13H,4H2,1-3H3. The lowest BCUT2D eigenvalue weighted by molar-refractivity contribution is -0.144. The van der Waals surface area contributed by atoms with Gasteiger partial charge in [0.2, 0.25) is 0 Å². The third kappa shape index (κ3) is 2.72. The minimum atomic E-state index is -0.287. The Kier molecular flexibility index (Phi) is 3.72. The van der Waals surface area contributed by atoms with Gasteiger partial charge in [-0.3, -0.25) is 4.79 Å². The fourth-order valence-corrected chi connectivity index (χ4v) is 1.54. The molecule has 0 aliphatic rings. The number of hydrogen-bond donors (Lipinski definition) is 1. The van der Waals surface area contributed by atoms with Crippen LogP contribution in [0.25, 0.3) is 0 Å². The first-order valence-corrected chi connectivity index (χ1v) is 5.02. The van der Waals surface area contributed by atoms with E-state index in [1.54, 1.807) is 32.0 Å². The van der Waals surface area contributed by atoms with Crippen molar-refractivity contribution in [2.45, 2.75) is 26.7 Å². The molecule has 0 saturated carbocycles. The molecule has 82 valence electrons. The van der Waals surface area contributed by atoms with E-state index in [0.717, 1.165) is 11.1 Å². The number of aromatic hydroxyl groups is 1. The molecule has 0 fully saturated rings. The summed E-state index contributed by atoms with van der Waals surface area (Å²) in [6, 6.07) is 4.98. The van der Waals surface area contributed by atoms with Crippen LogP contribution in [0.3, 0.4) is 0 Å². The Bertz CT molecular complexity index is 358. The Balaban J connectivity index is 2.91. The Labute approximate surface area is 89.7 Å². The molecule has 1 atom stereocenters. The van der Waals surface area contributed by atoms with E-state index in [0.29, 0.717) is 6.61 Å². The summed E-state index contributed by atoms with van der Waals surface area (Å²) in [7, 11) is 0. The molecular formula is C12H16O3. The number of ether oxygens (including phenoxy) is 1. The number of esters is 1. The van der Waals surface area contributed by atoms with Crippen LogP contribution in [0.5, 0.6) is 5.75 Å². The van der Waals surface area contributed by atoms with Crippen LogP contribution in [-0.4, -0.2) is 17.7 Å². The maximum atomic E-state index is 11.5. The van der Waals surface area contributed by atoms with Gasteiger partial charge in [-0.05, 0) is 44.0 Å². The van der Waals surface area contributed by atoms with Crippen LogP contribution in [0.15, 0.2) is 18.2 Å². The van der Waals surface area contributed by atoms with E-state index in [2.05, 4.69) is 0 Å². The molecule has 0 aliphatic carbocycles. The van der Waals surface area contributed by atoms with Crippen molar-refractivity contribution < 1.29 is 14.6 Å². The number of carbonyl (C=O) groups excluding carboxylic acids is 1. The van der Waals surface area contributed by atoms with Crippen molar-refractivity contribution in [1.29, 1.82) is 0 Å². The third-order valence-electron chi connectivity index (χ3n) is 2.36. The van der Waals surface area contributed by atoms with E-state index in [4.69, 9.17) is 4.74 Å². The average Bonchev–Trinajstić information content (AvgIpc) is 2.17. The molecular weight excluding hydrogens is 192 g/mol. The number of benzene rings is 1. The highest BCUT2D eigenvalue weighted by Gasteiger charge is 2.18. The summed E-state index contributed by atoms with van der Waals surface area (Å²) >= 11 is 0. The zero-order chi connectivity index (χ0) is 11.4. The van der Waals surface area contributed by atoms with Crippen LogP contribution in [0.1, 0.15) is 30.9 Å². The first kappa shape index (κ1) is 11.6. The van der Waals surface area contributed by atoms with Crippen LogP contribution in [-0.2, 0) is 9.53 Å². The molecule has 1 rings (SSSR count). The van der Waals surface area contributed by atoms with Crippen molar-refractivity contribution in [3.8, 4) is 5.75 Å². The van der Waals surface area contributed by atoms with Crippen molar-refractivity contribution >= 4 is 5.97 Å². The van der Waals surface area contributed by atoms with E-state index in [1.807, 2.05) is 6.92 Å². The van der Waals surface area contributed by atoms with E-state index in [1.165, 1.54) is 0 Å². The van der Waals surface area contributed by atoms with E-state index >= 15 is 0 Å². The molecule has 0 spiro atoms. The number of carbonyl (C=O) groups is 1. The maximum Gasteiger partial charge on any atom is 0.313 e. The molecule has 0 aromatic heterocycles. The van der Waals surface area contributed by atoms with Crippen LogP contribution < -0.4 is 0 Å². The van der Waals surface area contributed by atoms with Crippen molar-refractivity contribution in [1.82, 2.24) is 0 Å². The quantitative estimate of drug-likeness (QED) is 0.776. The normalized spacial score (nSPS) is 12.2. The summed E-state index contributed by atoms with van der Waals surface area (Å²) in [4.78, 5) is 11.5. The minimum Gasteiger partial charge on any atom is -0.508 e. The first-order chi connectivity index (χ1) is 7.06. The molecule has 1 unspecified atom stereocenters. The van der Waals surface area contributed by atoms with Gasteiger partial charge in [0, 0.05) is 0 Å². The Hall–Kier alpha value is -1.51. The summed E-state index contributed by atoms with van der Waals surface area (Å²) in [5.41, 5.74) is 1.79. The van der Waals surface area contributed by atoms with E-state index < -0.39 is 0 Å². The Morgan fingerprint density at radius 2 is 2.20 bits per heavy atom. The molecule has 15 heavy (non-hydrogen) atoms. The topological polar surface area (TPSA) is 46.5 Å². The lowest BCUT2D eigenvalue weighted by Gasteiger charge is -2.13. The lowest BCUT2D eigenvalue weighted by atomic mass is 9.96. The molecule has 1 N–H and O–H groups in total. The summed E-state index contributed by atoms with van der Waals surface area (Å²) in [6.45, 7) is 5.84. The second-order valence-corrected chi connectivity index (χ2v) is 3.51. The third-order valence-corrected chi connectivity index (χ3v) is 2.36. The van der Waals surface area contributed by atoms with Crippen molar-refractivity contribution in [2.24, 2.45) is 0 Å². The molecule has 0 aliphatic heterocycles. The van der Waals surface area contributed by atoms with Crippen LogP contribution in [0, 0.1) is 6.92 Å². The predicted octanol–water partition coefficient (Wildman–Crippen LogP) is 2.37. The van der Waals surface area contributed by atoms with E-state index in [-0.39, 0.29) is 17.6 Å². The molecule has 3 nitrogen and oxygen atoms in total. The van der Waals surface area contributed by atoms with Crippen molar-refractivity contribution in [2.75, 3.05) is 6.61 Å². The fourth-order valence-electron chi connectivity index (χ4n) is 1.54. The maximum absolute atomic E-state index is 11.5. The summed E-state index contributed by atoms with van der Waals surface area (Å²) < 4.78 is 4.94. The Morgan fingerprint density at radius 1 is 1.53 bits per heavy atom. The second-order valence-electron chi connectivity index (χ2n) is 3.51. The number of phenols is 1. The molecule has 0 radical (unpaired) electrons. The highest BCUT2D eigenvalue weighted by Crippen LogP contribution is 2.24. The van der Waals surface area contributed by atoms with Crippen LogP contribution in [0.2, 0.25) is 0 Å². The van der Waals surface area contributed by atoms with Gasteiger partial charge >= 0.3 is 5.97 Å². The number of rotatable bonds is 3. The van der Waals surface area contributed by atoms with Crippen LogP contribution in [0.4, 0.5) is 0 Å². The number of phenolic OH excluding ortho intramolecular Hbond substituents is 1. The highest BCUT2D eigenvalue weighted by molar-refractivity contribution is 5.78. The second kappa shape index (κ2) is 4.82. The summed E-state index contributed by atoms with van der Waals surface area (Å²) in [6.07, 6.45) is 0. The monoisotopic (exact) mass is 208 g/mol.